The van der Waals surface area contributed by atoms with E-state index in [2.05, 4.69) is 19.8 Å². The van der Waals surface area contributed by atoms with Gasteiger partial charge in [0, 0.05) is 5.41 Å². The Hall–Kier alpha value is -0.770. The molecule has 1 nitrogen and oxygen atoms in total. The molecule has 78 valence electrons. The van der Waals surface area contributed by atoms with Crippen molar-refractivity contribution >= 4 is 5.78 Å². The molecule has 1 aliphatic carbocycles. The van der Waals surface area contributed by atoms with Gasteiger partial charge in [-0.05, 0) is 25.2 Å². The van der Waals surface area contributed by atoms with Crippen molar-refractivity contribution in [1.82, 2.24) is 0 Å². The lowest BCUT2D eigenvalue weighted by molar-refractivity contribution is -0.128. The molecule has 0 aliphatic heterocycles. The Balaban J connectivity index is 2.71. The fraction of sp³-hybridized carbons (Fsp3) is 0.769. The van der Waals surface area contributed by atoms with Crippen molar-refractivity contribution in [3.8, 4) is 12.3 Å². The monoisotopic (exact) mass is 192 g/mol. The normalized spacial score (nSPS) is 19.6. The Morgan fingerprint density at radius 2 is 2.00 bits per heavy atom. The average molecular weight is 192 g/mol. The minimum atomic E-state index is -0.0550. The van der Waals surface area contributed by atoms with Gasteiger partial charge in [-0.2, -0.15) is 0 Å². The minimum Gasteiger partial charge on any atom is -0.298 e. The third-order valence-electron chi connectivity index (χ3n) is 3.21. The third kappa shape index (κ3) is 2.38. The van der Waals surface area contributed by atoms with E-state index in [4.69, 9.17) is 6.42 Å². The summed E-state index contributed by atoms with van der Waals surface area (Å²) in [7, 11) is 0. The molecule has 1 fully saturated rings. The lowest BCUT2D eigenvalue weighted by Crippen LogP contribution is -2.29. The van der Waals surface area contributed by atoms with Crippen LogP contribution in [-0.2, 0) is 4.79 Å². The molecule has 0 aromatic carbocycles. The lowest BCUT2D eigenvalue weighted by atomic mass is 9.74. The van der Waals surface area contributed by atoms with Crippen molar-refractivity contribution in [1.29, 1.82) is 0 Å². The zero-order valence-electron chi connectivity index (χ0n) is 9.31. The predicted molar refractivity (Wildman–Crippen MR) is 58.8 cm³/mol. The molecular formula is C13H20O. The van der Waals surface area contributed by atoms with Gasteiger partial charge < -0.3 is 0 Å². The molecule has 1 heteroatoms. The largest absolute Gasteiger partial charge is 0.298 e. The summed E-state index contributed by atoms with van der Waals surface area (Å²) < 4.78 is 0. The molecule has 0 radical (unpaired) electrons. The van der Waals surface area contributed by atoms with E-state index in [1.165, 1.54) is 12.8 Å². The standard InChI is InChI=1S/C13H20O/c1-4-7-12(14)13(10-11(2)3)8-5-6-9-13/h1,11H,5-10H2,2-3H3. The fourth-order valence-electron chi connectivity index (χ4n) is 2.71. The smallest absolute Gasteiger partial charge is 0.150 e. The maximum absolute atomic E-state index is 12.0. The highest BCUT2D eigenvalue weighted by Gasteiger charge is 2.40. The van der Waals surface area contributed by atoms with Gasteiger partial charge in [0.2, 0.25) is 0 Å². The highest BCUT2D eigenvalue weighted by Crippen LogP contribution is 2.44. The van der Waals surface area contributed by atoms with Crippen LogP contribution in [0.25, 0.3) is 0 Å². The number of hydrogen-bond donors (Lipinski definition) is 0. The summed E-state index contributed by atoms with van der Waals surface area (Å²) in [4.78, 5) is 12.0. The highest BCUT2D eigenvalue weighted by molar-refractivity contribution is 5.87. The number of Topliss-reactive ketones (excluding diaryl/α,β-unsaturated/α-hetero) is 1. The molecule has 0 aromatic rings. The molecule has 0 N–H and O–H groups in total. The third-order valence-corrected chi connectivity index (χ3v) is 3.21. The molecule has 0 bridgehead atoms. The van der Waals surface area contributed by atoms with Gasteiger partial charge in [0.15, 0.2) is 5.78 Å². The summed E-state index contributed by atoms with van der Waals surface area (Å²) in [6.07, 6.45) is 11.1. The van der Waals surface area contributed by atoms with Crippen LogP contribution in [-0.4, -0.2) is 5.78 Å². The first-order valence-electron chi connectivity index (χ1n) is 5.57. The SMILES string of the molecule is C#CCC(=O)C1(CC(C)C)CCCC1. The molecule has 0 unspecified atom stereocenters. The second kappa shape index (κ2) is 4.64. The minimum absolute atomic E-state index is 0.0550. The van der Waals surface area contributed by atoms with Gasteiger partial charge in [-0.3, -0.25) is 4.79 Å². The van der Waals surface area contributed by atoms with Crippen LogP contribution in [0.3, 0.4) is 0 Å². The van der Waals surface area contributed by atoms with Crippen molar-refractivity contribution in [2.45, 2.75) is 52.4 Å². The van der Waals surface area contributed by atoms with E-state index in [9.17, 15) is 4.79 Å². The second-order valence-electron chi connectivity index (χ2n) is 4.89. The molecule has 1 rings (SSSR count). The molecular weight excluding hydrogens is 172 g/mol. The summed E-state index contributed by atoms with van der Waals surface area (Å²) in [6, 6.07) is 0. The van der Waals surface area contributed by atoms with E-state index < -0.39 is 0 Å². The fourth-order valence-corrected chi connectivity index (χ4v) is 2.71. The molecule has 1 aliphatic rings. The van der Waals surface area contributed by atoms with Gasteiger partial charge in [0.1, 0.15) is 0 Å². The molecule has 0 heterocycles. The van der Waals surface area contributed by atoms with Gasteiger partial charge in [-0.15, -0.1) is 6.42 Å². The number of terminal acetylenes is 1. The summed E-state index contributed by atoms with van der Waals surface area (Å²) >= 11 is 0. The number of ketones is 1. The van der Waals surface area contributed by atoms with Crippen LogP contribution in [0.1, 0.15) is 52.4 Å². The van der Waals surface area contributed by atoms with Crippen molar-refractivity contribution in [3.63, 3.8) is 0 Å². The van der Waals surface area contributed by atoms with E-state index in [1.54, 1.807) is 0 Å². The maximum Gasteiger partial charge on any atom is 0.150 e. The molecule has 0 saturated heterocycles. The van der Waals surface area contributed by atoms with Crippen LogP contribution in [0.15, 0.2) is 0 Å². The van der Waals surface area contributed by atoms with E-state index in [1.807, 2.05) is 0 Å². The zero-order valence-corrected chi connectivity index (χ0v) is 9.31. The Labute approximate surface area is 87.3 Å². The predicted octanol–water partition coefficient (Wildman–Crippen LogP) is 3.19. The van der Waals surface area contributed by atoms with Crippen molar-refractivity contribution in [2.75, 3.05) is 0 Å². The van der Waals surface area contributed by atoms with Gasteiger partial charge in [0.05, 0.1) is 6.42 Å². The summed E-state index contributed by atoms with van der Waals surface area (Å²) in [5.74, 6) is 3.40. The van der Waals surface area contributed by atoms with Crippen LogP contribution >= 0.6 is 0 Å². The van der Waals surface area contributed by atoms with E-state index >= 15 is 0 Å². The average Bonchev–Trinajstić information content (AvgIpc) is 2.53. The summed E-state index contributed by atoms with van der Waals surface area (Å²) in [5, 5.41) is 0. The number of rotatable bonds is 4. The Morgan fingerprint density at radius 1 is 1.43 bits per heavy atom. The molecule has 0 atom stereocenters. The first-order chi connectivity index (χ1) is 6.60. The number of carbonyl (C=O) groups is 1. The number of hydrogen-bond acceptors (Lipinski definition) is 1. The highest BCUT2D eigenvalue weighted by atomic mass is 16.1. The molecule has 0 amide bonds. The number of carbonyl (C=O) groups excluding carboxylic acids is 1. The van der Waals surface area contributed by atoms with Gasteiger partial charge in [-0.25, -0.2) is 0 Å². The van der Waals surface area contributed by atoms with Crippen molar-refractivity contribution in [3.05, 3.63) is 0 Å². The van der Waals surface area contributed by atoms with Crippen LogP contribution in [0.5, 0.6) is 0 Å². The van der Waals surface area contributed by atoms with Gasteiger partial charge in [0.25, 0.3) is 0 Å². The van der Waals surface area contributed by atoms with E-state index in [-0.39, 0.29) is 5.41 Å². The maximum atomic E-state index is 12.0. The first-order valence-corrected chi connectivity index (χ1v) is 5.57. The summed E-state index contributed by atoms with van der Waals surface area (Å²) in [6.45, 7) is 4.37. The molecule has 0 spiro atoms. The van der Waals surface area contributed by atoms with Crippen LogP contribution < -0.4 is 0 Å². The van der Waals surface area contributed by atoms with Crippen LogP contribution in [0.2, 0.25) is 0 Å². The van der Waals surface area contributed by atoms with Crippen LogP contribution in [0.4, 0.5) is 0 Å². The topological polar surface area (TPSA) is 17.1 Å². The molecule has 0 aromatic heterocycles. The van der Waals surface area contributed by atoms with Crippen molar-refractivity contribution in [2.24, 2.45) is 11.3 Å². The Kier molecular flexibility index (Phi) is 3.75. The van der Waals surface area contributed by atoms with E-state index in [0.717, 1.165) is 19.3 Å². The van der Waals surface area contributed by atoms with Crippen molar-refractivity contribution < 1.29 is 4.79 Å². The summed E-state index contributed by atoms with van der Waals surface area (Å²) in [5.41, 5.74) is -0.0550. The Bertz CT molecular complexity index is 238. The lowest BCUT2D eigenvalue weighted by Gasteiger charge is -2.28. The Morgan fingerprint density at radius 3 is 2.43 bits per heavy atom. The first kappa shape index (κ1) is 11.3. The second-order valence-corrected chi connectivity index (χ2v) is 4.89. The van der Waals surface area contributed by atoms with E-state index in [0.29, 0.717) is 18.1 Å². The quantitative estimate of drug-likeness (QED) is 0.625. The molecule has 1 saturated carbocycles. The van der Waals surface area contributed by atoms with Gasteiger partial charge in [-0.1, -0.05) is 32.6 Å². The molecule has 14 heavy (non-hydrogen) atoms. The van der Waals surface area contributed by atoms with Crippen LogP contribution in [0, 0.1) is 23.7 Å². The van der Waals surface area contributed by atoms with Gasteiger partial charge >= 0.3 is 0 Å². The zero-order chi connectivity index (χ0) is 10.6.